The number of carbonyl (C=O) groups is 1. The molecule has 1 atom stereocenters. The minimum Gasteiger partial charge on any atom is -0.508 e. The van der Waals surface area contributed by atoms with Gasteiger partial charge in [-0.2, -0.15) is 0 Å². The lowest BCUT2D eigenvalue weighted by Gasteiger charge is -2.16. The summed E-state index contributed by atoms with van der Waals surface area (Å²) < 4.78 is 7.30. The Hall–Kier alpha value is -1.53. The van der Waals surface area contributed by atoms with Gasteiger partial charge in [-0.1, -0.05) is 22.0 Å². The van der Waals surface area contributed by atoms with Crippen molar-refractivity contribution in [3.8, 4) is 11.5 Å². The first-order valence-corrected chi connectivity index (χ1v) is 7.76. The molecular formula is C15H13Br2NO3. The average Bonchev–Trinajstić information content (AvgIpc) is 2.41. The van der Waals surface area contributed by atoms with Crippen molar-refractivity contribution in [3.05, 3.63) is 51.4 Å². The van der Waals surface area contributed by atoms with Crippen LogP contribution in [0.25, 0.3) is 0 Å². The third kappa shape index (κ3) is 4.47. The number of halogens is 2. The number of nitrogens with one attached hydrogen (secondary N) is 1. The lowest BCUT2D eigenvalue weighted by molar-refractivity contribution is -0.122. The molecule has 6 heteroatoms. The van der Waals surface area contributed by atoms with E-state index in [1.165, 1.54) is 12.1 Å². The molecule has 1 amide bonds. The monoisotopic (exact) mass is 413 g/mol. The lowest BCUT2D eigenvalue weighted by Crippen LogP contribution is -2.30. The molecule has 0 aliphatic heterocycles. The molecule has 0 fully saturated rings. The Bertz CT molecular complexity index is 661. The molecule has 0 bridgehead atoms. The summed E-state index contributed by atoms with van der Waals surface area (Å²) in [6.07, 6.45) is -0.676. The second-order valence-corrected chi connectivity index (χ2v) is 6.14. The van der Waals surface area contributed by atoms with E-state index in [-0.39, 0.29) is 11.7 Å². The fraction of sp³-hybridized carbons (Fsp3) is 0.133. The summed E-state index contributed by atoms with van der Waals surface area (Å²) in [4.78, 5) is 12.1. The molecule has 0 radical (unpaired) electrons. The van der Waals surface area contributed by atoms with Crippen LogP contribution in [0.2, 0.25) is 0 Å². The SMILES string of the molecule is C[C@H](Oc1ccc(Br)cc1Br)C(=O)Nc1cccc(O)c1. The van der Waals surface area contributed by atoms with Crippen LogP contribution in [0.4, 0.5) is 5.69 Å². The molecule has 2 aromatic rings. The number of rotatable bonds is 4. The molecule has 0 unspecified atom stereocenters. The molecule has 0 spiro atoms. The van der Waals surface area contributed by atoms with Crippen molar-refractivity contribution in [1.29, 1.82) is 0 Å². The molecule has 2 aromatic carbocycles. The highest BCUT2D eigenvalue weighted by Gasteiger charge is 2.16. The number of carbonyl (C=O) groups excluding carboxylic acids is 1. The van der Waals surface area contributed by atoms with Crippen LogP contribution in [0.1, 0.15) is 6.92 Å². The highest BCUT2D eigenvalue weighted by atomic mass is 79.9. The van der Waals surface area contributed by atoms with Gasteiger partial charge in [-0.05, 0) is 53.2 Å². The molecule has 0 saturated heterocycles. The smallest absolute Gasteiger partial charge is 0.265 e. The highest BCUT2D eigenvalue weighted by molar-refractivity contribution is 9.11. The fourth-order valence-electron chi connectivity index (χ4n) is 1.64. The second kappa shape index (κ2) is 6.95. The van der Waals surface area contributed by atoms with Gasteiger partial charge in [0, 0.05) is 16.2 Å². The predicted molar refractivity (Wildman–Crippen MR) is 88.7 cm³/mol. The molecule has 0 aliphatic carbocycles. The van der Waals surface area contributed by atoms with Crippen molar-refractivity contribution in [1.82, 2.24) is 0 Å². The van der Waals surface area contributed by atoms with Gasteiger partial charge in [-0.15, -0.1) is 0 Å². The van der Waals surface area contributed by atoms with Crippen LogP contribution in [-0.2, 0) is 4.79 Å². The quantitative estimate of drug-likeness (QED) is 0.782. The van der Waals surface area contributed by atoms with Gasteiger partial charge in [-0.3, -0.25) is 4.79 Å². The standard InChI is InChI=1S/C15H13Br2NO3/c1-9(21-14-6-5-10(16)7-13(14)17)15(20)18-11-3-2-4-12(19)8-11/h2-9,19H,1H3,(H,18,20)/t9-/m0/s1. The van der Waals surface area contributed by atoms with E-state index in [0.29, 0.717) is 11.4 Å². The lowest BCUT2D eigenvalue weighted by atomic mass is 10.2. The second-order valence-electron chi connectivity index (χ2n) is 4.37. The van der Waals surface area contributed by atoms with E-state index in [4.69, 9.17) is 4.74 Å². The summed E-state index contributed by atoms with van der Waals surface area (Å²) in [5.74, 6) is 0.379. The largest absolute Gasteiger partial charge is 0.508 e. The maximum atomic E-state index is 12.1. The van der Waals surface area contributed by atoms with E-state index in [9.17, 15) is 9.90 Å². The molecule has 0 aliphatic rings. The number of amides is 1. The zero-order chi connectivity index (χ0) is 15.4. The number of ether oxygens (including phenoxy) is 1. The van der Waals surface area contributed by atoms with Gasteiger partial charge in [0.25, 0.3) is 5.91 Å². The number of anilines is 1. The molecule has 2 N–H and O–H groups in total. The number of hydrogen-bond acceptors (Lipinski definition) is 3. The highest BCUT2D eigenvalue weighted by Crippen LogP contribution is 2.29. The van der Waals surface area contributed by atoms with Crippen molar-refractivity contribution in [2.75, 3.05) is 5.32 Å². The van der Waals surface area contributed by atoms with Crippen molar-refractivity contribution in [3.63, 3.8) is 0 Å². The van der Waals surface area contributed by atoms with Crippen LogP contribution >= 0.6 is 31.9 Å². The number of benzene rings is 2. The van der Waals surface area contributed by atoms with Gasteiger partial charge in [0.15, 0.2) is 6.10 Å². The van der Waals surface area contributed by atoms with Crippen LogP contribution in [-0.4, -0.2) is 17.1 Å². The van der Waals surface area contributed by atoms with Crippen LogP contribution in [0.5, 0.6) is 11.5 Å². The third-order valence-electron chi connectivity index (χ3n) is 2.68. The number of phenols is 1. The summed E-state index contributed by atoms with van der Waals surface area (Å²) >= 11 is 6.74. The van der Waals surface area contributed by atoms with Gasteiger partial charge in [0.2, 0.25) is 0 Å². The molecular weight excluding hydrogens is 402 g/mol. The van der Waals surface area contributed by atoms with Crippen molar-refractivity contribution >= 4 is 43.5 Å². The van der Waals surface area contributed by atoms with E-state index in [0.717, 1.165) is 8.95 Å². The van der Waals surface area contributed by atoms with E-state index >= 15 is 0 Å². The summed E-state index contributed by atoms with van der Waals surface area (Å²) in [7, 11) is 0. The first kappa shape index (κ1) is 15.9. The predicted octanol–water partition coefficient (Wildman–Crippen LogP) is 4.32. The van der Waals surface area contributed by atoms with Crippen LogP contribution in [0.15, 0.2) is 51.4 Å². The Morgan fingerprint density at radius 2 is 2.00 bits per heavy atom. The average molecular weight is 415 g/mol. The zero-order valence-electron chi connectivity index (χ0n) is 11.1. The van der Waals surface area contributed by atoms with Gasteiger partial charge < -0.3 is 15.2 Å². The van der Waals surface area contributed by atoms with E-state index in [1.807, 2.05) is 12.1 Å². The summed E-state index contributed by atoms with van der Waals surface area (Å²) in [6, 6.07) is 11.8. The fourth-order valence-corrected chi connectivity index (χ4v) is 2.78. The molecule has 0 heterocycles. The van der Waals surface area contributed by atoms with Crippen molar-refractivity contribution in [2.45, 2.75) is 13.0 Å². The molecule has 4 nitrogen and oxygen atoms in total. The third-order valence-corrected chi connectivity index (χ3v) is 3.79. The minimum absolute atomic E-state index is 0.0945. The van der Waals surface area contributed by atoms with Gasteiger partial charge in [0.05, 0.1) is 4.47 Å². The number of aromatic hydroxyl groups is 1. The molecule has 0 saturated carbocycles. The first-order valence-electron chi connectivity index (χ1n) is 6.17. The minimum atomic E-state index is -0.676. The molecule has 110 valence electrons. The Kier molecular flexibility index (Phi) is 5.25. The Morgan fingerprint density at radius 3 is 2.67 bits per heavy atom. The normalized spacial score (nSPS) is 11.8. The van der Waals surface area contributed by atoms with E-state index in [2.05, 4.69) is 37.2 Å². The number of phenolic OH excluding ortho intramolecular Hbond substituents is 1. The Balaban J connectivity index is 2.02. The van der Waals surface area contributed by atoms with Crippen LogP contribution in [0.3, 0.4) is 0 Å². The molecule has 21 heavy (non-hydrogen) atoms. The Morgan fingerprint density at radius 1 is 1.24 bits per heavy atom. The van der Waals surface area contributed by atoms with Crippen LogP contribution < -0.4 is 10.1 Å². The van der Waals surface area contributed by atoms with E-state index < -0.39 is 6.10 Å². The summed E-state index contributed by atoms with van der Waals surface area (Å²) in [6.45, 7) is 1.66. The van der Waals surface area contributed by atoms with Gasteiger partial charge in [-0.25, -0.2) is 0 Å². The molecule has 2 rings (SSSR count). The topological polar surface area (TPSA) is 58.6 Å². The van der Waals surface area contributed by atoms with Crippen molar-refractivity contribution in [2.24, 2.45) is 0 Å². The maximum absolute atomic E-state index is 12.1. The van der Waals surface area contributed by atoms with Crippen molar-refractivity contribution < 1.29 is 14.6 Å². The summed E-state index contributed by atoms with van der Waals surface area (Å²) in [5.41, 5.74) is 0.519. The van der Waals surface area contributed by atoms with Gasteiger partial charge in [0.1, 0.15) is 11.5 Å². The maximum Gasteiger partial charge on any atom is 0.265 e. The zero-order valence-corrected chi connectivity index (χ0v) is 14.3. The van der Waals surface area contributed by atoms with Crippen LogP contribution in [0, 0.1) is 0 Å². The Labute approximate surface area is 139 Å². The first-order chi connectivity index (χ1) is 9.95. The van der Waals surface area contributed by atoms with E-state index in [1.54, 1.807) is 25.1 Å². The molecule has 0 aromatic heterocycles. The number of hydrogen-bond donors (Lipinski definition) is 2. The summed E-state index contributed by atoms with van der Waals surface area (Å²) in [5, 5.41) is 12.1. The van der Waals surface area contributed by atoms with Gasteiger partial charge >= 0.3 is 0 Å².